The number of nitrogens with two attached hydrogens (primary N) is 1. The van der Waals surface area contributed by atoms with E-state index in [0.29, 0.717) is 19.3 Å². The predicted molar refractivity (Wildman–Crippen MR) is 356 cm³/mol. The SMILES string of the molecule is CCC(=O)[C@H](CC(C)C)NC(=O)[C@@H]1CCCN1C(=O)COCCCC(=O)[C@@H](CCC(=O)O)NC(=O)[C@@H](CCC(=O)O)CC(=O)[C@@H](CCC(=O)O)NC(=O)[C@@H](CCC(=O)O)CC(=O)[C@@H](CCC(=O)O)NC(=O)[C@@H](CCC(=O)O)CC(=O)[C@@H](CCC(=O)O)NC(=O)[C@@H](CCC(=O)O)CC(=O)[C@H](N)CCC(=O)O. The van der Waals surface area contributed by atoms with E-state index in [0.717, 1.165) is 0 Å². The summed E-state index contributed by atoms with van der Waals surface area (Å²) in [5.41, 5.74) is 5.80. The van der Waals surface area contributed by atoms with Crippen molar-refractivity contribution in [3.8, 4) is 0 Å². The molecule has 105 heavy (non-hydrogen) atoms. The van der Waals surface area contributed by atoms with Crippen LogP contribution in [-0.2, 0) is 105 Å². The lowest BCUT2D eigenvalue weighted by atomic mass is 9.88. The highest BCUT2D eigenvalue weighted by atomic mass is 16.5. The van der Waals surface area contributed by atoms with E-state index in [4.69, 9.17) is 15.6 Å². The van der Waals surface area contributed by atoms with E-state index in [2.05, 4.69) is 26.6 Å². The molecule has 0 bridgehead atoms. The Labute approximate surface area is 602 Å². The second kappa shape index (κ2) is 48.8. The zero-order valence-corrected chi connectivity index (χ0v) is 58.9. The largest absolute Gasteiger partial charge is 0.481 e. The Balaban J connectivity index is 3.58. The van der Waals surface area contributed by atoms with Crippen molar-refractivity contribution in [1.29, 1.82) is 0 Å². The van der Waals surface area contributed by atoms with Gasteiger partial charge in [-0.05, 0) is 89.4 Å². The predicted octanol–water partition coefficient (Wildman–Crippen LogP) is 0.205. The highest BCUT2D eigenvalue weighted by molar-refractivity contribution is 5.99. The average Bonchev–Trinajstić information content (AvgIpc) is 1.41. The van der Waals surface area contributed by atoms with Gasteiger partial charge in [-0.3, -0.25) is 101 Å². The van der Waals surface area contributed by atoms with Crippen molar-refractivity contribution in [1.82, 2.24) is 31.5 Å². The van der Waals surface area contributed by atoms with Gasteiger partial charge in [0.05, 0.1) is 36.3 Å². The molecule has 0 saturated carbocycles. The van der Waals surface area contributed by atoms with Crippen molar-refractivity contribution in [3.05, 3.63) is 0 Å². The molecule has 0 aromatic carbocycles. The summed E-state index contributed by atoms with van der Waals surface area (Å²) in [5, 5.41) is 97.4. The molecule has 1 fully saturated rings. The van der Waals surface area contributed by atoms with Crippen molar-refractivity contribution < 1.29 is 151 Å². The van der Waals surface area contributed by atoms with E-state index in [9.17, 15) is 142 Å². The number of nitrogens with one attached hydrogen (secondary N) is 5. The maximum atomic E-state index is 14.3. The molecule has 588 valence electrons. The summed E-state index contributed by atoms with van der Waals surface area (Å²) in [7, 11) is 0. The quantitative estimate of drug-likeness (QED) is 0.0362. The molecule has 1 aliphatic rings. The van der Waals surface area contributed by atoms with Gasteiger partial charge in [0.1, 0.15) is 18.4 Å². The van der Waals surface area contributed by atoms with Crippen molar-refractivity contribution in [2.24, 2.45) is 35.3 Å². The maximum absolute atomic E-state index is 14.3. The number of carboxylic acid groups (broad SMARTS) is 9. The molecule has 0 aromatic heterocycles. The van der Waals surface area contributed by atoms with E-state index in [-0.39, 0.29) is 44.1 Å². The van der Waals surface area contributed by atoms with Crippen molar-refractivity contribution in [2.45, 2.75) is 243 Å². The minimum Gasteiger partial charge on any atom is -0.481 e. The minimum atomic E-state index is -1.98. The van der Waals surface area contributed by atoms with Crippen LogP contribution in [0.5, 0.6) is 0 Å². The Kier molecular flexibility index (Phi) is 43.3. The Hall–Kier alpha value is -10.0. The monoisotopic (exact) mass is 1500 g/mol. The molecule has 0 unspecified atom stereocenters. The van der Waals surface area contributed by atoms with E-state index in [1.807, 2.05) is 13.8 Å². The number of hydrogen-bond acceptors (Lipinski definition) is 23. The molecule has 1 saturated heterocycles. The van der Waals surface area contributed by atoms with Crippen LogP contribution in [0.1, 0.15) is 201 Å². The average molecular weight is 1500 g/mol. The number of carbonyl (C=O) groups is 21. The van der Waals surface area contributed by atoms with Gasteiger partial charge < -0.3 is 87.9 Å². The summed E-state index contributed by atoms with van der Waals surface area (Å²) in [4.78, 5) is 272. The molecule has 1 heterocycles. The molecule has 38 heteroatoms. The smallest absolute Gasteiger partial charge is 0.303 e. The third-order valence-corrected chi connectivity index (χ3v) is 17.2. The van der Waals surface area contributed by atoms with E-state index < -0.39 is 332 Å². The summed E-state index contributed by atoms with van der Waals surface area (Å²) in [6, 6.07) is -10.5. The molecule has 1 aliphatic heterocycles. The molecule has 6 amide bonds. The fraction of sp³-hybridized carbons (Fsp3) is 0.687. The number of likely N-dealkylation sites (tertiary alicyclic amines) is 1. The number of ketones is 6. The lowest BCUT2D eigenvalue weighted by Crippen LogP contribution is -2.51. The Bertz CT molecular complexity index is 3130. The topological polar surface area (TPSA) is 639 Å². The summed E-state index contributed by atoms with van der Waals surface area (Å²) in [6.07, 6.45) is -16.4. The second-order valence-electron chi connectivity index (χ2n) is 26.1. The summed E-state index contributed by atoms with van der Waals surface area (Å²) in [6.45, 7) is 4.90. The zero-order valence-electron chi connectivity index (χ0n) is 58.9. The number of aliphatic carboxylic acids is 9. The molecule has 0 aliphatic carbocycles. The van der Waals surface area contributed by atoms with Gasteiger partial charge >= 0.3 is 53.7 Å². The van der Waals surface area contributed by atoms with Crippen LogP contribution in [0.3, 0.4) is 0 Å². The molecule has 0 spiro atoms. The van der Waals surface area contributed by atoms with Crippen LogP contribution < -0.4 is 32.3 Å². The first-order valence-corrected chi connectivity index (χ1v) is 34.4. The van der Waals surface area contributed by atoms with E-state index >= 15 is 0 Å². The van der Waals surface area contributed by atoms with Crippen molar-refractivity contribution >= 4 is 124 Å². The lowest BCUT2D eigenvalue weighted by molar-refractivity contribution is -0.142. The number of rotatable bonds is 60. The summed E-state index contributed by atoms with van der Waals surface area (Å²) < 4.78 is 5.52. The van der Waals surface area contributed by atoms with Crippen LogP contribution in [-0.4, -0.2) is 237 Å². The fourth-order valence-corrected chi connectivity index (χ4v) is 11.3. The van der Waals surface area contributed by atoms with Gasteiger partial charge in [-0.1, -0.05) is 20.8 Å². The van der Waals surface area contributed by atoms with Crippen molar-refractivity contribution in [3.63, 3.8) is 0 Å². The van der Waals surface area contributed by atoms with Crippen LogP contribution >= 0.6 is 0 Å². The molecular formula is C67H99N7O31. The number of carboxylic acids is 9. The Morgan fingerprint density at radius 3 is 1.01 bits per heavy atom. The molecule has 1 rings (SSSR count). The molecule has 0 aromatic rings. The lowest BCUT2D eigenvalue weighted by Gasteiger charge is -2.27. The number of amides is 6. The number of carbonyl (C=O) groups excluding carboxylic acids is 12. The van der Waals surface area contributed by atoms with Gasteiger partial charge in [0.25, 0.3) is 0 Å². The van der Waals surface area contributed by atoms with Gasteiger partial charge in [-0.2, -0.15) is 0 Å². The van der Waals surface area contributed by atoms with Gasteiger partial charge in [0.15, 0.2) is 28.9 Å². The Morgan fingerprint density at radius 2 is 0.695 bits per heavy atom. The first kappa shape index (κ1) is 93.0. The third kappa shape index (κ3) is 38.9. The first-order chi connectivity index (χ1) is 49.1. The number of Topliss-reactive ketones (excluding diaryl/α,β-unsaturated/α-hetero) is 6. The molecule has 16 N–H and O–H groups in total. The van der Waals surface area contributed by atoms with Crippen LogP contribution in [0.4, 0.5) is 0 Å². The fourth-order valence-electron chi connectivity index (χ4n) is 11.3. The Morgan fingerprint density at radius 1 is 0.390 bits per heavy atom. The maximum Gasteiger partial charge on any atom is 0.303 e. The van der Waals surface area contributed by atoms with Crippen LogP contribution in [0.25, 0.3) is 0 Å². The van der Waals surface area contributed by atoms with Crippen LogP contribution in [0, 0.1) is 29.6 Å². The van der Waals surface area contributed by atoms with Crippen LogP contribution in [0.2, 0.25) is 0 Å². The first-order valence-electron chi connectivity index (χ1n) is 34.4. The molecule has 11 atom stereocenters. The molecule has 38 nitrogen and oxygen atoms in total. The van der Waals surface area contributed by atoms with Gasteiger partial charge in [0, 0.05) is 133 Å². The summed E-state index contributed by atoms with van der Waals surface area (Å²) in [5.74, 6) is -31.8. The molecule has 0 radical (unpaired) electrons. The number of nitrogens with zero attached hydrogens (tertiary/aromatic N) is 1. The normalized spacial score (nSPS) is 15.4. The van der Waals surface area contributed by atoms with Gasteiger partial charge in [0.2, 0.25) is 35.4 Å². The minimum absolute atomic E-state index is 0.0786. The van der Waals surface area contributed by atoms with E-state index in [1.54, 1.807) is 6.92 Å². The summed E-state index contributed by atoms with van der Waals surface area (Å²) >= 11 is 0. The van der Waals surface area contributed by atoms with E-state index in [1.165, 1.54) is 4.90 Å². The highest BCUT2D eigenvalue weighted by Gasteiger charge is 2.39. The van der Waals surface area contributed by atoms with Gasteiger partial charge in [-0.25, -0.2) is 0 Å². The third-order valence-electron chi connectivity index (χ3n) is 17.2. The highest BCUT2D eigenvalue weighted by Crippen LogP contribution is 2.25. The standard InChI is InChI=1S/C67H99N7O31/c1-4-47(75)45(29-35(2)3)73-67(104)46-7-5-27-74(46)53(81)34-105-28-6-8-48(76)41(14-23-59(92)93)69-64(101)37(10-19-55(84)85)31-50(78)43(16-25-61(96)97)71-66(103)39(12-21-57(88)89)33-52(80)44(17-26-62(98)99)72-65(102)38(11-20-56(86)87)32-51(79)42(15-24-60(94)95)70-63(100)36(9-18-54(82)83)30-49(77)40(68)13-22-58(90)91/h35-46H,4-34,68H2,1-3H3,(H,69,101)(H,70,100)(H,71,103)(H,72,102)(H,73,104)(H,82,83)(H,84,85)(H,86,87)(H,88,89)(H,90,91)(H,92,93)(H,94,95)(H,96,97)(H,98,99)/t36-,37-,38-,39-,40+,41+,42+,43+,44+,45-,46-/m0/s1. The van der Waals surface area contributed by atoms with Crippen molar-refractivity contribution in [2.75, 3.05) is 19.8 Å². The number of ether oxygens (including phenoxy) is 1. The molecular weight excluding hydrogens is 1400 g/mol. The van der Waals surface area contributed by atoms with Crippen LogP contribution in [0.15, 0.2) is 0 Å². The number of hydrogen-bond donors (Lipinski definition) is 15. The zero-order chi connectivity index (χ0) is 79.8. The van der Waals surface area contributed by atoms with Gasteiger partial charge in [-0.15, -0.1) is 0 Å². The second-order valence-corrected chi connectivity index (χ2v) is 26.1.